The molecule has 4 rings (SSSR count). The summed E-state index contributed by atoms with van der Waals surface area (Å²) in [7, 11) is 0. The van der Waals surface area contributed by atoms with E-state index >= 15 is 0 Å². The molecule has 0 bridgehead atoms. The molecule has 1 aliphatic rings. The summed E-state index contributed by atoms with van der Waals surface area (Å²) in [6, 6.07) is 13.7. The monoisotopic (exact) mass is 366 g/mol. The molecule has 1 fully saturated rings. The SMILES string of the molecule is Cc1ccc(C)c(-n2c(SC[C@H]3CCCO3)nc3ccccc3c2=O)c1. The van der Waals surface area contributed by atoms with E-state index in [1.807, 2.05) is 38.1 Å². The van der Waals surface area contributed by atoms with Crippen molar-refractivity contribution in [3.05, 3.63) is 63.9 Å². The molecule has 0 aliphatic carbocycles. The quantitative estimate of drug-likeness (QED) is 0.511. The van der Waals surface area contributed by atoms with Crippen LogP contribution in [0.1, 0.15) is 24.0 Å². The number of hydrogen-bond donors (Lipinski definition) is 0. The fourth-order valence-corrected chi connectivity index (χ4v) is 4.40. The van der Waals surface area contributed by atoms with Gasteiger partial charge in [-0.1, -0.05) is 36.0 Å². The molecule has 0 radical (unpaired) electrons. The first-order valence-corrected chi connectivity index (χ1v) is 9.96. The minimum absolute atomic E-state index is 0.0147. The summed E-state index contributed by atoms with van der Waals surface area (Å²) in [4.78, 5) is 18.1. The van der Waals surface area contributed by atoms with Crippen LogP contribution in [0.3, 0.4) is 0 Å². The molecule has 0 N–H and O–H groups in total. The zero-order chi connectivity index (χ0) is 18.1. The summed E-state index contributed by atoms with van der Waals surface area (Å²) in [5, 5.41) is 1.38. The lowest BCUT2D eigenvalue weighted by molar-refractivity contribution is 0.129. The van der Waals surface area contributed by atoms with Gasteiger partial charge in [0.25, 0.3) is 5.56 Å². The maximum atomic E-state index is 13.3. The Bertz CT molecular complexity index is 1010. The molecule has 1 atom stereocenters. The lowest BCUT2D eigenvalue weighted by atomic mass is 10.1. The Morgan fingerprint density at radius 2 is 2.08 bits per heavy atom. The molecule has 4 nitrogen and oxygen atoms in total. The number of aryl methyl sites for hydroxylation is 2. The van der Waals surface area contributed by atoms with Crippen molar-refractivity contribution in [2.45, 2.75) is 37.9 Å². The molecule has 0 unspecified atom stereocenters. The number of aromatic nitrogens is 2. The van der Waals surface area contributed by atoms with E-state index < -0.39 is 0 Å². The molecule has 2 aromatic carbocycles. The van der Waals surface area contributed by atoms with Gasteiger partial charge < -0.3 is 4.74 Å². The molecule has 1 aliphatic heterocycles. The summed E-state index contributed by atoms with van der Waals surface area (Å²) in [5.41, 5.74) is 3.82. The lowest BCUT2D eigenvalue weighted by Crippen LogP contribution is -2.23. The summed E-state index contributed by atoms with van der Waals surface area (Å²) >= 11 is 1.61. The van der Waals surface area contributed by atoms with Crippen molar-refractivity contribution in [1.82, 2.24) is 9.55 Å². The van der Waals surface area contributed by atoms with Gasteiger partial charge in [0.15, 0.2) is 5.16 Å². The predicted octanol–water partition coefficient (Wildman–Crippen LogP) is 4.27. The smallest absolute Gasteiger partial charge is 0.266 e. The molecule has 0 spiro atoms. The minimum Gasteiger partial charge on any atom is -0.377 e. The van der Waals surface area contributed by atoms with E-state index in [-0.39, 0.29) is 11.7 Å². The van der Waals surface area contributed by atoms with Crippen molar-refractivity contribution in [2.75, 3.05) is 12.4 Å². The van der Waals surface area contributed by atoms with E-state index in [2.05, 4.69) is 18.2 Å². The van der Waals surface area contributed by atoms with Gasteiger partial charge in [0, 0.05) is 12.4 Å². The molecule has 1 saturated heterocycles. The van der Waals surface area contributed by atoms with Gasteiger partial charge in [0.05, 0.1) is 22.7 Å². The summed E-state index contributed by atoms with van der Waals surface area (Å²) in [6.45, 7) is 4.91. The van der Waals surface area contributed by atoms with E-state index in [0.717, 1.165) is 52.7 Å². The van der Waals surface area contributed by atoms with Crippen molar-refractivity contribution in [1.29, 1.82) is 0 Å². The van der Waals surface area contributed by atoms with Gasteiger partial charge in [0.1, 0.15) is 0 Å². The molecule has 0 amide bonds. The predicted molar refractivity (Wildman–Crippen MR) is 107 cm³/mol. The normalized spacial score (nSPS) is 17.1. The van der Waals surface area contributed by atoms with E-state index in [1.165, 1.54) is 0 Å². The fraction of sp³-hybridized carbons (Fsp3) is 0.333. The number of rotatable bonds is 4. The third kappa shape index (κ3) is 3.29. The topological polar surface area (TPSA) is 44.1 Å². The first-order valence-electron chi connectivity index (χ1n) is 8.97. The van der Waals surface area contributed by atoms with Gasteiger partial charge in [-0.2, -0.15) is 0 Å². The number of hydrogen-bond acceptors (Lipinski definition) is 4. The molecule has 134 valence electrons. The second kappa shape index (κ2) is 7.25. The third-order valence-electron chi connectivity index (χ3n) is 4.77. The van der Waals surface area contributed by atoms with E-state index in [9.17, 15) is 4.79 Å². The van der Waals surface area contributed by atoms with Crippen molar-refractivity contribution >= 4 is 22.7 Å². The molecule has 26 heavy (non-hydrogen) atoms. The van der Waals surface area contributed by atoms with Crippen LogP contribution in [0.2, 0.25) is 0 Å². The van der Waals surface area contributed by atoms with Gasteiger partial charge in [-0.05, 0) is 56.0 Å². The van der Waals surface area contributed by atoms with Crippen LogP contribution < -0.4 is 5.56 Å². The molecule has 1 aromatic heterocycles. The van der Waals surface area contributed by atoms with Crippen LogP contribution in [0.4, 0.5) is 0 Å². The van der Waals surface area contributed by atoms with Crippen LogP contribution in [0, 0.1) is 13.8 Å². The van der Waals surface area contributed by atoms with Gasteiger partial charge in [-0.25, -0.2) is 4.98 Å². The number of benzene rings is 2. The highest BCUT2D eigenvalue weighted by Gasteiger charge is 2.19. The number of thioether (sulfide) groups is 1. The van der Waals surface area contributed by atoms with Crippen LogP contribution in [-0.2, 0) is 4.74 Å². The summed E-state index contributed by atoms with van der Waals surface area (Å²) in [5.74, 6) is 0.815. The van der Waals surface area contributed by atoms with Crippen LogP contribution in [-0.4, -0.2) is 28.0 Å². The Balaban J connectivity index is 1.87. The summed E-state index contributed by atoms with van der Waals surface area (Å²) in [6.07, 6.45) is 2.43. The molecule has 3 aromatic rings. The highest BCUT2D eigenvalue weighted by Crippen LogP contribution is 2.26. The van der Waals surface area contributed by atoms with Crippen molar-refractivity contribution < 1.29 is 4.74 Å². The Kier molecular flexibility index (Phi) is 4.83. The van der Waals surface area contributed by atoms with Crippen LogP contribution in [0.15, 0.2) is 52.4 Å². The van der Waals surface area contributed by atoms with Crippen LogP contribution >= 0.6 is 11.8 Å². The minimum atomic E-state index is -0.0147. The number of ether oxygens (including phenoxy) is 1. The van der Waals surface area contributed by atoms with Gasteiger partial charge in [0.2, 0.25) is 0 Å². The first kappa shape index (κ1) is 17.3. The summed E-state index contributed by atoms with van der Waals surface area (Å²) < 4.78 is 7.51. The molecular weight excluding hydrogens is 344 g/mol. The average Bonchev–Trinajstić information content (AvgIpc) is 3.16. The highest BCUT2D eigenvalue weighted by molar-refractivity contribution is 7.99. The van der Waals surface area contributed by atoms with Crippen molar-refractivity contribution in [3.63, 3.8) is 0 Å². The Hall–Kier alpha value is -2.11. The number of para-hydroxylation sites is 1. The third-order valence-corrected chi connectivity index (χ3v) is 5.84. The maximum absolute atomic E-state index is 13.3. The molecular formula is C21H22N2O2S. The zero-order valence-corrected chi connectivity index (χ0v) is 15.9. The standard InChI is InChI=1S/C21H22N2O2S/c1-14-9-10-15(2)19(12-14)23-20(24)17-7-3-4-8-18(17)22-21(23)26-13-16-6-5-11-25-16/h3-4,7-10,12,16H,5-6,11,13H2,1-2H3/t16-/m1/s1. The van der Waals surface area contributed by atoms with E-state index in [1.54, 1.807) is 16.3 Å². The molecule has 5 heteroatoms. The first-order chi connectivity index (χ1) is 12.6. The van der Waals surface area contributed by atoms with E-state index in [0.29, 0.717) is 5.39 Å². The maximum Gasteiger partial charge on any atom is 0.266 e. The van der Waals surface area contributed by atoms with Gasteiger partial charge >= 0.3 is 0 Å². The largest absolute Gasteiger partial charge is 0.377 e. The zero-order valence-electron chi connectivity index (χ0n) is 15.1. The van der Waals surface area contributed by atoms with Crippen molar-refractivity contribution in [3.8, 4) is 5.69 Å². The number of nitrogens with zero attached hydrogens (tertiary/aromatic N) is 2. The van der Waals surface area contributed by atoms with E-state index in [4.69, 9.17) is 9.72 Å². The highest BCUT2D eigenvalue weighted by atomic mass is 32.2. The van der Waals surface area contributed by atoms with Crippen LogP contribution in [0.25, 0.3) is 16.6 Å². The lowest BCUT2D eigenvalue weighted by Gasteiger charge is -2.17. The second-order valence-electron chi connectivity index (χ2n) is 6.79. The van der Waals surface area contributed by atoms with Crippen molar-refractivity contribution in [2.24, 2.45) is 0 Å². The fourth-order valence-electron chi connectivity index (χ4n) is 3.33. The van der Waals surface area contributed by atoms with Gasteiger partial charge in [-0.15, -0.1) is 0 Å². The molecule has 0 saturated carbocycles. The average molecular weight is 366 g/mol. The number of fused-ring (bicyclic) bond motifs is 1. The van der Waals surface area contributed by atoms with Crippen LogP contribution in [0.5, 0.6) is 0 Å². The Labute approximate surface area is 157 Å². The Morgan fingerprint density at radius 1 is 1.23 bits per heavy atom. The Morgan fingerprint density at radius 3 is 2.88 bits per heavy atom. The second-order valence-corrected chi connectivity index (χ2v) is 7.78. The molecule has 2 heterocycles. The van der Waals surface area contributed by atoms with Gasteiger partial charge in [-0.3, -0.25) is 9.36 Å².